The van der Waals surface area contributed by atoms with Gasteiger partial charge in [0, 0.05) is 0 Å². The molecule has 0 bridgehead atoms. The molecule has 0 amide bonds. The minimum Gasteiger partial charge on any atom is -0.451 e. The second-order valence-electron chi connectivity index (χ2n) is 8.07. The van der Waals surface area contributed by atoms with Crippen molar-refractivity contribution in [3.05, 3.63) is 106 Å². The summed E-state index contributed by atoms with van der Waals surface area (Å²) in [7, 11) is 0. The highest BCUT2D eigenvalue weighted by atomic mass is 19.1. The maximum Gasteiger partial charge on any atom is 0.216 e. The van der Waals surface area contributed by atoms with Crippen molar-refractivity contribution in [3.8, 4) is 58.8 Å². The van der Waals surface area contributed by atoms with Crippen LogP contribution in [-0.4, -0.2) is 0 Å². The predicted molar refractivity (Wildman–Crippen MR) is 134 cm³/mol. The first-order chi connectivity index (χ1) is 18.4. The van der Waals surface area contributed by atoms with Crippen LogP contribution in [0.5, 0.6) is 34.5 Å². The zero-order chi connectivity index (χ0) is 27.2. The highest BCUT2D eigenvalue weighted by Gasteiger charge is 2.30. The number of rotatable bonds is 6. The van der Waals surface area contributed by atoms with E-state index in [9.17, 15) is 10.5 Å². The number of halogens is 1. The molecule has 4 aromatic rings. The molecule has 38 heavy (non-hydrogen) atoms. The summed E-state index contributed by atoms with van der Waals surface area (Å²) in [4.78, 5) is 0. The summed E-state index contributed by atoms with van der Waals surface area (Å²) in [6.45, 7) is 3.61. The summed E-state index contributed by atoms with van der Waals surface area (Å²) in [6.07, 6.45) is 0. The van der Waals surface area contributed by atoms with Crippen molar-refractivity contribution in [3.63, 3.8) is 0 Å². The summed E-state index contributed by atoms with van der Waals surface area (Å²) in [5, 5.41) is 37.9. The van der Waals surface area contributed by atoms with Crippen LogP contribution in [0.1, 0.15) is 33.4 Å². The number of hydrogen-bond donors (Lipinski definition) is 0. The molecule has 0 atom stereocenters. The van der Waals surface area contributed by atoms with Crippen molar-refractivity contribution in [2.75, 3.05) is 0 Å². The van der Waals surface area contributed by atoms with Gasteiger partial charge in [-0.3, -0.25) is 0 Å². The van der Waals surface area contributed by atoms with Crippen LogP contribution in [0.25, 0.3) is 0 Å². The molecule has 182 valence electrons. The smallest absolute Gasteiger partial charge is 0.216 e. The average Bonchev–Trinajstić information content (AvgIpc) is 2.94. The van der Waals surface area contributed by atoms with Gasteiger partial charge in [0.15, 0.2) is 11.6 Å². The maximum atomic E-state index is 15.8. The lowest BCUT2D eigenvalue weighted by atomic mass is 10.0. The Balaban J connectivity index is 1.99. The number of nitrogens with zero attached hydrogens (tertiary/aromatic N) is 4. The fourth-order valence-electron chi connectivity index (χ4n) is 3.64. The van der Waals surface area contributed by atoms with Crippen molar-refractivity contribution in [1.29, 1.82) is 21.0 Å². The summed E-state index contributed by atoms with van der Waals surface area (Å²) in [6, 6.07) is 24.9. The Morgan fingerprint density at radius 1 is 0.526 bits per heavy atom. The van der Waals surface area contributed by atoms with Gasteiger partial charge < -0.3 is 14.2 Å². The van der Waals surface area contributed by atoms with Crippen LogP contribution in [0.4, 0.5) is 4.39 Å². The van der Waals surface area contributed by atoms with E-state index in [4.69, 9.17) is 24.7 Å². The monoisotopic (exact) mass is 500 g/mol. The summed E-state index contributed by atoms with van der Waals surface area (Å²) in [5.74, 6) is -1.35. The first-order valence-electron chi connectivity index (χ1n) is 11.2. The van der Waals surface area contributed by atoms with Gasteiger partial charge >= 0.3 is 0 Å². The first-order valence-corrected chi connectivity index (χ1v) is 11.2. The molecule has 4 rings (SSSR count). The molecule has 0 unspecified atom stereocenters. The van der Waals surface area contributed by atoms with Crippen LogP contribution in [0, 0.1) is 65.0 Å². The fraction of sp³-hybridized carbons (Fsp3) is 0.0667. The van der Waals surface area contributed by atoms with Gasteiger partial charge in [0.1, 0.15) is 40.5 Å². The number of para-hydroxylation sites is 1. The Hall–Kier alpha value is -5.83. The van der Waals surface area contributed by atoms with Gasteiger partial charge in [-0.2, -0.15) is 21.0 Å². The predicted octanol–water partition coefficient (Wildman–Crippen LogP) is 7.31. The highest BCUT2D eigenvalue weighted by Crippen LogP contribution is 2.50. The van der Waals surface area contributed by atoms with Crippen LogP contribution in [0.3, 0.4) is 0 Å². The minimum atomic E-state index is -1.12. The topological polar surface area (TPSA) is 123 Å². The number of hydrogen-bond acceptors (Lipinski definition) is 7. The highest BCUT2D eigenvalue weighted by molar-refractivity contribution is 5.69. The fourth-order valence-corrected chi connectivity index (χ4v) is 3.64. The van der Waals surface area contributed by atoms with E-state index in [1.165, 1.54) is 48.5 Å². The van der Waals surface area contributed by atoms with E-state index in [0.717, 1.165) is 11.1 Å². The quantitative estimate of drug-likeness (QED) is 0.272. The standard InChI is InChI=1S/C30H17FN4O3/c1-18-4-3-5-19(2)27(18)38-28-25(17-35)24(16-34)26(31)29(36-22-10-6-20(14-32)7-11-22)30(28)37-23-12-8-21(15-33)9-13-23/h3-13H,1-2H3. The van der Waals surface area contributed by atoms with E-state index < -0.39 is 17.1 Å². The molecule has 0 radical (unpaired) electrons. The number of nitriles is 4. The average molecular weight is 500 g/mol. The molecule has 0 saturated heterocycles. The van der Waals surface area contributed by atoms with Crippen LogP contribution >= 0.6 is 0 Å². The van der Waals surface area contributed by atoms with Crippen LogP contribution < -0.4 is 14.2 Å². The molecule has 8 heteroatoms. The van der Waals surface area contributed by atoms with Crippen molar-refractivity contribution in [1.82, 2.24) is 0 Å². The van der Waals surface area contributed by atoms with Crippen molar-refractivity contribution < 1.29 is 18.6 Å². The molecule has 0 aliphatic rings. The Bertz CT molecular complexity index is 1680. The van der Waals surface area contributed by atoms with Crippen LogP contribution in [0.15, 0.2) is 66.7 Å². The van der Waals surface area contributed by atoms with E-state index in [2.05, 4.69) is 0 Å². The van der Waals surface area contributed by atoms with Gasteiger partial charge in [-0.25, -0.2) is 4.39 Å². The third-order valence-electron chi connectivity index (χ3n) is 5.55. The van der Waals surface area contributed by atoms with Crippen molar-refractivity contribution in [2.24, 2.45) is 0 Å². The molecule has 0 aromatic heterocycles. The molecule has 0 heterocycles. The van der Waals surface area contributed by atoms with Gasteiger partial charge in [-0.15, -0.1) is 0 Å². The van der Waals surface area contributed by atoms with Crippen molar-refractivity contribution >= 4 is 0 Å². The molecule has 0 aliphatic carbocycles. The molecule has 4 aromatic carbocycles. The number of ether oxygens (including phenoxy) is 3. The van der Waals surface area contributed by atoms with E-state index >= 15 is 4.39 Å². The van der Waals surface area contributed by atoms with E-state index in [-0.39, 0.29) is 28.6 Å². The third-order valence-corrected chi connectivity index (χ3v) is 5.55. The summed E-state index contributed by atoms with van der Waals surface area (Å²) < 4.78 is 33.8. The lowest BCUT2D eigenvalue weighted by Crippen LogP contribution is -2.04. The number of benzene rings is 4. The zero-order valence-electron chi connectivity index (χ0n) is 20.2. The molecule has 7 nitrogen and oxygen atoms in total. The minimum absolute atomic E-state index is 0.152. The molecule has 0 aliphatic heterocycles. The first kappa shape index (κ1) is 25.3. The molecular weight excluding hydrogens is 483 g/mol. The van der Waals surface area contributed by atoms with Gasteiger partial charge in [0.25, 0.3) is 0 Å². The van der Waals surface area contributed by atoms with Gasteiger partial charge in [-0.1, -0.05) is 18.2 Å². The zero-order valence-corrected chi connectivity index (χ0v) is 20.2. The van der Waals surface area contributed by atoms with E-state index in [1.54, 1.807) is 32.0 Å². The third kappa shape index (κ3) is 4.93. The molecule has 0 N–H and O–H groups in total. The lowest BCUT2D eigenvalue weighted by molar-refractivity contribution is 0.367. The Labute approximate surface area is 218 Å². The van der Waals surface area contributed by atoms with E-state index in [0.29, 0.717) is 16.9 Å². The van der Waals surface area contributed by atoms with Gasteiger partial charge in [0.2, 0.25) is 11.5 Å². The molecule has 0 spiro atoms. The SMILES string of the molecule is Cc1cccc(C)c1Oc1c(C#N)c(C#N)c(F)c(Oc2ccc(C#N)cc2)c1Oc1ccc(C#N)cc1. The normalized spacial score (nSPS) is 9.87. The van der Waals surface area contributed by atoms with Gasteiger partial charge in [-0.05, 0) is 73.5 Å². The second-order valence-corrected chi connectivity index (χ2v) is 8.07. The van der Waals surface area contributed by atoms with Gasteiger partial charge in [0.05, 0.1) is 23.3 Å². The largest absolute Gasteiger partial charge is 0.451 e. The van der Waals surface area contributed by atoms with Crippen LogP contribution in [0.2, 0.25) is 0 Å². The maximum absolute atomic E-state index is 15.8. The molecule has 0 saturated carbocycles. The number of aryl methyl sites for hydroxylation is 2. The van der Waals surface area contributed by atoms with Crippen molar-refractivity contribution in [2.45, 2.75) is 13.8 Å². The Kier molecular flexibility index (Phi) is 7.21. The summed E-state index contributed by atoms with van der Waals surface area (Å²) in [5.41, 5.74) is 1.25. The van der Waals surface area contributed by atoms with Crippen LogP contribution in [-0.2, 0) is 0 Å². The summed E-state index contributed by atoms with van der Waals surface area (Å²) >= 11 is 0. The lowest BCUT2D eigenvalue weighted by Gasteiger charge is -2.20. The van der Waals surface area contributed by atoms with E-state index in [1.807, 2.05) is 24.3 Å². The Morgan fingerprint density at radius 3 is 1.45 bits per heavy atom. The molecule has 0 fully saturated rings. The Morgan fingerprint density at radius 2 is 1.00 bits per heavy atom. The molecular formula is C30H17FN4O3. The second kappa shape index (κ2) is 10.8.